The van der Waals surface area contributed by atoms with E-state index in [0.29, 0.717) is 31.6 Å². The molecule has 0 radical (unpaired) electrons. The van der Waals surface area contributed by atoms with E-state index in [1.165, 1.54) is 161 Å². The van der Waals surface area contributed by atoms with Gasteiger partial charge < -0.3 is 33.8 Å². The minimum atomic E-state index is -4.95. The van der Waals surface area contributed by atoms with Crippen LogP contribution in [-0.4, -0.2) is 96.7 Å². The van der Waals surface area contributed by atoms with E-state index in [4.69, 9.17) is 37.0 Å². The number of unbranched alkanes of at least 4 members (excludes halogenated alkanes) is 40. The van der Waals surface area contributed by atoms with Gasteiger partial charge in [-0.2, -0.15) is 0 Å². The molecule has 0 aliphatic carbocycles. The quantitative estimate of drug-likeness (QED) is 0.0222. The molecule has 3 N–H and O–H groups in total. The molecular weight excluding hydrogens is 1150 g/mol. The summed E-state index contributed by atoms with van der Waals surface area (Å²) in [6, 6.07) is 0. The van der Waals surface area contributed by atoms with E-state index in [2.05, 4.69) is 34.6 Å². The Hall–Kier alpha value is -1.94. The highest BCUT2D eigenvalue weighted by Gasteiger charge is 2.30. The van der Waals surface area contributed by atoms with Gasteiger partial charge in [0.1, 0.15) is 19.3 Å². The Balaban J connectivity index is 5.16. The van der Waals surface area contributed by atoms with Gasteiger partial charge in [-0.15, -0.1) is 0 Å². The molecule has 0 spiro atoms. The van der Waals surface area contributed by atoms with Crippen molar-refractivity contribution in [1.82, 2.24) is 0 Å². The third kappa shape index (κ3) is 62.6. The van der Waals surface area contributed by atoms with E-state index in [0.717, 1.165) is 103 Å². The topological polar surface area (TPSA) is 237 Å². The lowest BCUT2D eigenvalue weighted by molar-refractivity contribution is -0.161. The molecule has 516 valence electrons. The van der Waals surface area contributed by atoms with Crippen molar-refractivity contribution >= 4 is 39.5 Å². The van der Waals surface area contributed by atoms with E-state index >= 15 is 0 Å². The summed E-state index contributed by atoms with van der Waals surface area (Å²) in [6.45, 7) is 7.14. The van der Waals surface area contributed by atoms with Gasteiger partial charge in [0.05, 0.1) is 26.4 Å². The largest absolute Gasteiger partial charge is 0.472 e. The highest BCUT2D eigenvalue weighted by atomic mass is 31.2. The minimum absolute atomic E-state index is 0.106. The fourth-order valence-corrected chi connectivity index (χ4v) is 11.9. The highest BCUT2D eigenvalue weighted by Crippen LogP contribution is 2.45. The average molecular weight is 1280 g/mol. The Morgan fingerprint density at radius 2 is 0.529 bits per heavy atom. The standard InChI is InChI=1S/C68H132O17P2/c1-6-9-12-15-18-21-23-24-25-26-27-28-29-30-31-33-38-44-49-54-68(73)85-64(58-79-66(71)52-47-42-39-34-35-40-45-50-61(4)5)60-83-87(76,77)81-56-62(69)55-80-86(74,75)82-59-63(57-78-65(70)51-46-41-36-20-17-14-11-8-3)84-67(72)53-48-43-37-32-22-19-16-13-10-7-2/h61-64,69H,6-60H2,1-5H3,(H,74,75)(H,76,77)/t62-,63+,64+/m0/s1. The van der Waals surface area contributed by atoms with Gasteiger partial charge in [-0.05, 0) is 31.6 Å². The molecule has 0 aliphatic rings. The zero-order chi connectivity index (χ0) is 64.2. The van der Waals surface area contributed by atoms with Crippen LogP contribution in [0.4, 0.5) is 0 Å². The molecule has 0 saturated heterocycles. The first-order valence-electron chi connectivity index (χ1n) is 35.6. The summed E-state index contributed by atoms with van der Waals surface area (Å²) < 4.78 is 68.1. The Kier molecular flexibility index (Phi) is 60.2. The predicted octanol–water partition coefficient (Wildman–Crippen LogP) is 19.4. The lowest BCUT2D eigenvalue weighted by Crippen LogP contribution is -2.30. The molecule has 0 bridgehead atoms. The van der Waals surface area contributed by atoms with Crippen LogP contribution >= 0.6 is 15.6 Å². The van der Waals surface area contributed by atoms with Crippen molar-refractivity contribution < 1.29 is 80.2 Å². The number of aliphatic hydroxyl groups excluding tert-OH is 1. The molecule has 0 saturated carbocycles. The van der Waals surface area contributed by atoms with Gasteiger partial charge in [0, 0.05) is 25.7 Å². The molecule has 87 heavy (non-hydrogen) atoms. The number of hydrogen-bond acceptors (Lipinski definition) is 15. The van der Waals surface area contributed by atoms with E-state index in [1.54, 1.807) is 0 Å². The number of carbonyl (C=O) groups is 4. The summed E-state index contributed by atoms with van der Waals surface area (Å²) >= 11 is 0. The van der Waals surface area contributed by atoms with Crippen LogP contribution in [0.2, 0.25) is 0 Å². The monoisotopic (exact) mass is 1280 g/mol. The number of ether oxygens (including phenoxy) is 4. The summed E-state index contributed by atoms with van der Waals surface area (Å²) in [5.74, 6) is -1.43. The van der Waals surface area contributed by atoms with Crippen LogP contribution in [0.5, 0.6) is 0 Å². The summed E-state index contributed by atoms with van der Waals surface area (Å²) in [4.78, 5) is 72.3. The molecule has 0 heterocycles. The Labute approximate surface area is 530 Å². The number of carbonyl (C=O) groups excluding carboxylic acids is 4. The zero-order valence-electron chi connectivity index (χ0n) is 56.2. The molecule has 0 rings (SSSR count). The molecule has 0 aromatic rings. The number of aliphatic hydroxyl groups is 1. The average Bonchev–Trinajstić information content (AvgIpc) is 3.70. The molecule has 5 atom stereocenters. The maximum atomic E-state index is 13.0. The molecule has 0 fully saturated rings. The number of phosphoric ester groups is 2. The maximum absolute atomic E-state index is 13.0. The van der Waals surface area contributed by atoms with Crippen LogP contribution in [0, 0.1) is 5.92 Å². The Bertz CT molecular complexity index is 1690. The third-order valence-corrected chi connectivity index (χ3v) is 17.7. The molecule has 0 aromatic heterocycles. The lowest BCUT2D eigenvalue weighted by Gasteiger charge is -2.21. The van der Waals surface area contributed by atoms with E-state index in [-0.39, 0.29) is 25.7 Å². The van der Waals surface area contributed by atoms with Crippen LogP contribution in [0.15, 0.2) is 0 Å². The smallest absolute Gasteiger partial charge is 0.462 e. The van der Waals surface area contributed by atoms with Gasteiger partial charge in [0.2, 0.25) is 0 Å². The van der Waals surface area contributed by atoms with Gasteiger partial charge >= 0.3 is 39.5 Å². The number of hydrogen-bond donors (Lipinski definition) is 3. The zero-order valence-corrected chi connectivity index (χ0v) is 57.9. The first-order chi connectivity index (χ1) is 42.0. The van der Waals surface area contributed by atoms with Crippen molar-refractivity contribution in [3.05, 3.63) is 0 Å². The molecule has 0 aliphatic heterocycles. The molecule has 0 aromatic carbocycles. The summed E-state index contributed by atoms with van der Waals surface area (Å²) in [5, 5.41) is 10.5. The second-order valence-electron chi connectivity index (χ2n) is 25.0. The third-order valence-electron chi connectivity index (χ3n) is 15.8. The number of phosphoric acid groups is 2. The first-order valence-corrected chi connectivity index (χ1v) is 38.6. The maximum Gasteiger partial charge on any atom is 0.472 e. The predicted molar refractivity (Wildman–Crippen MR) is 349 cm³/mol. The first kappa shape index (κ1) is 85.1. The van der Waals surface area contributed by atoms with Gasteiger partial charge in [0.25, 0.3) is 0 Å². The molecule has 17 nitrogen and oxygen atoms in total. The second-order valence-corrected chi connectivity index (χ2v) is 27.9. The summed E-state index contributed by atoms with van der Waals surface area (Å²) in [5.41, 5.74) is 0. The summed E-state index contributed by atoms with van der Waals surface area (Å²) in [6.07, 6.45) is 47.4. The van der Waals surface area contributed by atoms with Crippen molar-refractivity contribution in [2.45, 2.75) is 368 Å². The Morgan fingerprint density at radius 1 is 0.310 bits per heavy atom. The van der Waals surface area contributed by atoms with Crippen LogP contribution in [0.1, 0.15) is 349 Å². The van der Waals surface area contributed by atoms with Crippen LogP contribution < -0.4 is 0 Å². The molecular formula is C68H132O17P2. The lowest BCUT2D eigenvalue weighted by atomic mass is 10.0. The number of rotatable bonds is 68. The van der Waals surface area contributed by atoms with Crippen molar-refractivity contribution in [3.63, 3.8) is 0 Å². The van der Waals surface area contributed by atoms with Crippen LogP contribution in [0.25, 0.3) is 0 Å². The molecule has 0 amide bonds. The Morgan fingerprint density at radius 3 is 0.782 bits per heavy atom. The SMILES string of the molecule is CCCCCCCCCCCCCCCCCCCCCC(=O)O[C@H](COC(=O)CCCCCCCCCC(C)C)COP(=O)(O)OC[C@@H](O)COP(=O)(O)OC[C@@H](COC(=O)CCCCCCCCCC)OC(=O)CCCCCCCCCCCC. The highest BCUT2D eigenvalue weighted by molar-refractivity contribution is 7.47. The fourth-order valence-electron chi connectivity index (χ4n) is 10.3. The molecule has 19 heteroatoms. The van der Waals surface area contributed by atoms with Crippen molar-refractivity contribution in [1.29, 1.82) is 0 Å². The van der Waals surface area contributed by atoms with Crippen molar-refractivity contribution in [2.75, 3.05) is 39.6 Å². The van der Waals surface area contributed by atoms with Crippen molar-refractivity contribution in [2.24, 2.45) is 5.92 Å². The van der Waals surface area contributed by atoms with E-state index in [1.807, 2.05) is 0 Å². The van der Waals surface area contributed by atoms with Gasteiger partial charge in [-0.3, -0.25) is 37.3 Å². The fraction of sp³-hybridized carbons (Fsp3) is 0.941. The van der Waals surface area contributed by atoms with Gasteiger partial charge in [-0.1, -0.05) is 298 Å². The second kappa shape index (κ2) is 61.6. The van der Waals surface area contributed by atoms with Crippen LogP contribution in [0.3, 0.4) is 0 Å². The molecule has 2 unspecified atom stereocenters. The van der Waals surface area contributed by atoms with Crippen LogP contribution in [-0.2, 0) is 65.4 Å². The summed E-state index contributed by atoms with van der Waals surface area (Å²) in [7, 11) is -9.89. The number of esters is 4. The van der Waals surface area contributed by atoms with Gasteiger partial charge in [-0.25, -0.2) is 9.13 Å². The minimum Gasteiger partial charge on any atom is -0.462 e. The van der Waals surface area contributed by atoms with Gasteiger partial charge in [0.15, 0.2) is 12.2 Å². The van der Waals surface area contributed by atoms with E-state index < -0.39 is 97.5 Å². The van der Waals surface area contributed by atoms with Crippen molar-refractivity contribution in [3.8, 4) is 0 Å². The van der Waals surface area contributed by atoms with E-state index in [9.17, 15) is 43.2 Å². The normalized spacial score (nSPS) is 14.1.